The second-order valence-electron chi connectivity index (χ2n) is 4.29. The van der Waals surface area contributed by atoms with Crippen molar-refractivity contribution in [2.45, 2.75) is 11.7 Å². The fourth-order valence-electron chi connectivity index (χ4n) is 1.91. The van der Waals surface area contributed by atoms with Crippen LogP contribution in [0.25, 0.3) is 11.2 Å². The lowest BCUT2D eigenvalue weighted by molar-refractivity contribution is -0.133. The fraction of sp³-hybridized carbons (Fsp3) is 0.154. The Labute approximate surface area is 133 Å². The Morgan fingerprint density at radius 3 is 3.10 bits per heavy atom. The van der Waals surface area contributed by atoms with Crippen LogP contribution < -0.4 is 0 Å². The lowest BCUT2D eigenvalue weighted by Gasteiger charge is -2.06. The topological polar surface area (TPSA) is 68.0 Å². The molecule has 8 heteroatoms. The fourth-order valence-corrected chi connectivity index (χ4v) is 3.44. The van der Waals surface area contributed by atoms with Gasteiger partial charge in [-0.05, 0) is 28.5 Å². The number of carboxylic acid groups (broad SMARTS) is 1. The summed E-state index contributed by atoms with van der Waals surface area (Å²) in [5.74, 6) is -0.916. The second kappa shape index (κ2) is 6.05. The third-order valence-corrected chi connectivity index (χ3v) is 4.66. The number of thiophene rings is 1. The number of carboxylic acids is 1. The average molecular weight is 340 g/mol. The lowest BCUT2D eigenvalue weighted by Crippen LogP contribution is -2.04. The summed E-state index contributed by atoms with van der Waals surface area (Å²) < 4.78 is 1.92. The van der Waals surface area contributed by atoms with Crippen LogP contribution in [0.5, 0.6) is 0 Å². The summed E-state index contributed by atoms with van der Waals surface area (Å²) >= 11 is 8.74. The summed E-state index contributed by atoms with van der Waals surface area (Å²) in [5.41, 5.74) is 2.51. The van der Waals surface area contributed by atoms with Crippen molar-refractivity contribution in [3.8, 4) is 0 Å². The summed E-state index contributed by atoms with van der Waals surface area (Å²) in [7, 11) is 0. The van der Waals surface area contributed by atoms with E-state index in [-0.39, 0.29) is 5.75 Å². The molecule has 0 bridgehead atoms. The summed E-state index contributed by atoms with van der Waals surface area (Å²) in [4.78, 5) is 19.5. The molecule has 108 valence electrons. The first kappa shape index (κ1) is 14.4. The molecule has 0 spiro atoms. The number of imidazole rings is 1. The molecule has 0 amide bonds. The summed E-state index contributed by atoms with van der Waals surface area (Å²) in [5, 5.41) is 14.0. The molecular weight excluding hydrogens is 330 g/mol. The Kier molecular flexibility index (Phi) is 4.14. The van der Waals surface area contributed by atoms with Gasteiger partial charge in [0.05, 0.1) is 17.3 Å². The quantitative estimate of drug-likeness (QED) is 0.722. The molecule has 0 aliphatic carbocycles. The molecule has 3 heterocycles. The Bertz CT molecular complexity index is 786. The first-order valence-electron chi connectivity index (χ1n) is 6.01. The lowest BCUT2D eigenvalue weighted by atomic mass is 10.3. The maximum atomic E-state index is 10.8. The van der Waals surface area contributed by atoms with E-state index in [2.05, 4.69) is 9.97 Å². The monoisotopic (exact) mass is 339 g/mol. The first-order chi connectivity index (χ1) is 10.1. The molecule has 21 heavy (non-hydrogen) atoms. The van der Waals surface area contributed by atoms with Crippen LogP contribution in [-0.4, -0.2) is 31.4 Å². The molecule has 3 aromatic rings. The van der Waals surface area contributed by atoms with Gasteiger partial charge in [-0.3, -0.25) is 9.36 Å². The van der Waals surface area contributed by atoms with Gasteiger partial charge in [-0.2, -0.15) is 11.3 Å². The van der Waals surface area contributed by atoms with E-state index in [1.807, 2.05) is 21.4 Å². The zero-order valence-corrected chi connectivity index (χ0v) is 13.1. The summed E-state index contributed by atoms with van der Waals surface area (Å²) in [6.45, 7) is 0.608. The van der Waals surface area contributed by atoms with E-state index in [1.165, 1.54) is 11.8 Å². The molecule has 0 aliphatic heterocycles. The van der Waals surface area contributed by atoms with Gasteiger partial charge in [-0.15, -0.1) is 0 Å². The molecule has 5 nitrogen and oxygen atoms in total. The van der Waals surface area contributed by atoms with Crippen LogP contribution in [0.1, 0.15) is 5.56 Å². The predicted octanol–water partition coefficient (Wildman–Crippen LogP) is 3.37. The van der Waals surface area contributed by atoms with Crippen LogP contribution in [-0.2, 0) is 11.3 Å². The van der Waals surface area contributed by atoms with Crippen LogP contribution in [0.3, 0.4) is 0 Å². The van der Waals surface area contributed by atoms with Crippen molar-refractivity contribution < 1.29 is 9.90 Å². The smallest absolute Gasteiger partial charge is 0.313 e. The minimum Gasteiger partial charge on any atom is -0.481 e. The van der Waals surface area contributed by atoms with E-state index >= 15 is 0 Å². The SMILES string of the molecule is O=C(O)CSc1nc2cc(Cl)cnc2n1Cc1ccsc1. The van der Waals surface area contributed by atoms with Gasteiger partial charge in [0, 0.05) is 6.20 Å². The molecule has 0 saturated carbocycles. The zero-order chi connectivity index (χ0) is 14.8. The van der Waals surface area contributed by atoms with Gasteiger partial charge in [-0.1, -0.05) is 23.4 Å². The third kappa shape index (κ3) is 3.20. The number of rotatable bonds is 5. The number of aliphatic carboxylic acids is 1. The van der Waals surface area contributed by atoms with Gasteiger partial charge >= 0.3 is 5.97 Å². The van der Waals surface area contributed by atoms with Crippen LogP contribution in [0, 0.1) is 0 Å². The Balaban J connectivity index is 2.03. The van der Waals surface area contributed by atoms with Gasteiger partial charge in [0.2, 0.25) is 0 Å². The van der Waals surface area contributed by atoms with Gasteiger partial charge in [0.25, 0.3) is 0 Å². The maximum absolute atomic E-state index is 10.8. The van der Waals surface area contributed by atoms with E-state index < -0.39 is 5.97 Å². The van der Waals surface area contributed by atoms with Crippen LogP contribution >= 0.6 is 34.7 Å². The molecule has 0 radical (unpaired) electrons. The van der Waals surface area contributed by atoms with Crippen molar-refractivity contribution >= 4 is 51.8 Å². The van der Waals surface area contributed by atoms with Crippen LogP contribution in [0.4, 0.5) is 0 Å². The normalized spacial score (nSPS) is 11.1. The molecule has 1 N–H and O–H groups in total. The van der Waals surface area contributed by atoms with E-state index in [4.69, 9.17) is 16.7 Å². The maximum Gasteiger partial charge on any atom is 0.313 e. The van der Waals surface area contributed by atoms with Crippen molar-refractivity contribution in [2.24, 2.45) is 0 Å². The summed E-state index contributed by atoms with van der Waals surface area (Å²) in [6, 6.07) is 3.76. The van der Waals surface area contributed by atoms with E-state index in [1.54, 1.807) is 23.6 Å². The molecular formula is C13H10ClN3O2S2. The number of nitrogens with zero attached hydrogens (tertiary/aromatic N) is 3. The van der Waals surface area contributed by atoms with Gasteiger partial charge in [0.15, 0.2) is 10.8 Å². The molecule has 0 atom stereocenters. The number of pyridine rings is 1. The molecule has 3 rings (SSSR count). The molecule has 0 aliphatic rings. The van der Waals surface area contributed by atoms with Crippen molar-refractivity contribution in [1.82, 2.24) is 14.5 Å². The molecule has 3 aromatic heterocycles. The second-order valence-corrected chi connectivity index (χ2v) is 6.45. The van der Waals surface area contributed by atoms with E-state index in [0.29, 0.717) is 27.9 Å². The number of thioether (sulfide) groups is 1. The Hall–Kier alpha value is -1.57. The van der Waals surface area contributed by atoms with Crippen LogP contribution in [0.2, 0.25) is 5.02 Å². The molecule has 0 unspecified atom stereocenters. The number of hydrogen-bond donors (Lipinski definition) is 1. The Morgan fingerprint density at radius 2 is 2.38 bits per heavy atom. The number of halogens is 1. The Morgan fingerprint density at radius 1 is 1.52 bits per heavy atom. The van der Waals surface area contributed by atoms with Crippen LogP contribution in [0.15, 0.2) is 34.2 Å². The standard InChI is InChI=1S/C13H10ClN3O2S2/c14-9-3-10-12(15-4-9)17(5-8-1-2-20-6-8)13(16-10)21-7-11(18)19/h1-4,6H,5,7H2,(H,18,19). The number of fused-ring (bicyclic) bond motifs is 1. The molecule has 0 fully saturated rings. The summed E-state index contributed by atoms with van der Waals surface area (Å²) in [6.07, 6.45) is 1.57. The van der Waals surface area contributed by atoms with Gasteiger partial charge in [-0.25, -0.2) is 9.97 Å². The largest absolute Gasteiger partial charge is 0.481 e. The number of carbonyl (C=O) groups is 1. The highest BCUT2D eigenvalue weighted by Crippen LogP contribution is 2.26. The first-order valence-corrected chi connectivity index (χ1v) is 8.31. The van der Waals surface area contributed by atoms with Gasteiger partial charge < -0.3 is 5.11 Å². The number of aromatic nitrogens is 3. The third-order valence-electron chi connectivity index (χ3n) is 2.76. The molecule has 0 aromatic carbocycles. The van der Waals surface area contributed by atoms with E-state index in [0.717, 1.165) is 5.56 Å². The number of hydrogen-bond acceptors (Lipinski definition) is 5. The highest BCUT2D eigenvalue weighted by molar-refractivity contribution is 7.99. The average Bonchev–Trinajstić information content (AvgIpc) is 3.05. The predicted molar refractivity (Wildman–Crippen MR) is 84.3 cm³/mol. The highest BCUT2D eigenvalue weighted by Gasteiger charge is 2.14. The van der Waals surface area contributed by atoms with E-state index in [9.17, 15) is 4.79 Å². The van der Waals surface area contributed by atoms with Crippen molar-refractivity contribution in [3.63, 3.8) is 0 Å². The zero-order valence-electron chi connectivity index (χ0n) is 10.7. The van der Waals surface area contributed by atoms with Crippen molar-refractivity contribution in [1.29, 1.82) is 0 Å². The highest BCUT2D eigenvalue weighted by atomic mass is 35.5. The van der Waals surface area contributed by atoms with Gasteiger partial charge in [0.1, 0.15) is 5.52 Å². The van der Waals surface area contributed by atoms with Crippen molar-refractivity contribution in [3.05, 3.63) is 39.7 Å². The minimum absolute atomic E-state index is 0.0410. The minimum atomic E-state index is -0.875. The molecule has 0 saturated heterocycles. The van der Waals surface area contributed by atoms with Crippen molar-refractivity contribution in [2.75, 3.05) is 5.75 Å².